The number of pyridine rings is 1. The SMILES string of the molecule is CCOc1ccc(SCC(=O)Nc2ccc(N3CCCC(C(N)=O)C3)nc2)cc1. The monoisotopic (exact) mass is 414 g/mol. The molecular weight excluding hydrogens is 388 g/mol. The van der Waals surface area contributed by atoms with Crippen LogP contribution in [0.15, 0.2) is 47.5 Å². The summed E-state index contributed by atoms with van der Waals surface area (Å²) in [6, 6.07) is 11.4. The number of piperidine rings is 1. The second kappa shape index (κ2) is 10.2. The number of nitrogens with two attached hydrogens (primary N) is 1. The number of thioether (sulfide) groups is 1. The summed E-state index contributed by atoms with van der Waals surface area (Å²) in [4.78, 5) is 31.2. The number of carbonyl (C=O) groups is 2. The highest BCUT2D eigenvalue weighted by Crippen LogP contribution is 2.24. The second-order valence-corrected chi connectivity index (χ2v) is 7.88. The standard InChI is InChI=1S/C21H26N4O3S/c1-2-28-17-6-8-18(9-7-17)29-14-20(26)24-16-5-10-19(23-12-16)25-11-3-4-15(13-25)21(22)27/h5-10,12,15H,2-4,11,13-14H2,1H3,(H2,22,27)(H,24,26). The topological polar surface area (TPSA) is 97.5 Å². The number of nitrogens with one attached hydrogen (secondary N) is 1. The fourth-order valence-corrected chi connectivity index (χ4v) is 3.91. The number of rotatable bonds is 8. The maximum Gasteiger partial charge on any atom is 0.234 e. The highest BCUT2D eigenvalue weighted by Gasteiger charge is 2.24. The Morgan fingerprint density at radius 3 is 2.72 bits per heavy atom. The molecule has 3 rings (SSSR count). The summed E-state index contributed by atoms with van der Waals surface area (Å²) in [5, 5.41) is 2.86. The molecule has 7 nitrogen and oxygen atoms in total. The minimum atomic E-state index is -0.261. The molecule has 1 atom stereocenters. The van der Waals surface area contributed by atoms with Crippen molar-refractivity contribution >= 4 is 35.1 Å². The first-order valence-electron chi connectivity index (χ1n) is 9.71. The lowest BCUT2D eigenvalue weighted by Crippen LogP contribution is -2.41. The molecule has 0 saturated carbocycles. The molecular formula is C21H26N4O3S. The number of ether oxygens (including phenoxy) is 1. The lowest BCUT2D eigenvalue weighted by molar-refractivity contribution is -0.122. The van der Waals surface area contributed by atoms with Crippen molar-refractivity contribution in [3.8, 4) is 5.75 Å². The van der Waals surface area contributed by atoms with Crippen LogP contribution in [-0.2, 0) is 9.59 Å². The highest BCUT2D eigenvalue weighted by atomic mass is 32.2. The first kappa shape index (κ1) is 21.0. The molecule has 1 aromatic carbocycles. The Morgan fingerprint density at radius 2 is 2.07 bits per heavy atom. The van der Waals surface area contributed by atoms with Crippen LogP contribution >= 0.6 is 11.8 Å². The molecule has 2 heterocycles. The molecule has 0 radical (unpaired) electrons. The number of carbonyl (C=O) groups excluding carboxylic acids is 2. The molecule has 0 bridgehead atoms. The fraction of sp³-hybridized carbons (Fsp3) is 0.381. The van der Waals surface area contributed by atoms with Gasteiger partial charge in [0.2, 0.25) is 11.8 Å². The number of nitrogens with zero attached hydrogens (tertiary/aromatic N) is 2. The highest BCUT2D eigenvalue weighted by molar-refractivity contribution is 8.00. The first-order valence-corrected chi connectivity index (χ1v) is 10.7. The Balaban J connectivity index is 1.48. The molecule has 2 amide bonds. The van der Waals surface area contributed by atoms with E-state index in [4.69, 9.17) is 10.5 Å². The summed E-state index contributed by atoms with van der Waals surface area (Å²) < 4.78 is 5.41. The molecule has 1 aliphatic rings. The van der Waals surface area contributed by atoms with Gasteiger partial charge >= 0.3 is 0 Å². The third-order valence-electron chi connectivity index (χ3n) is 4.68. The van der Waals surface area contributed by atoms with Crippen LogP contribution < -0.4 is 20.7 Å². The number of hydrogen-bond donors (Lipinski definition) is 2. The quantitative estimate of drug-likeness (QED) is 0.645. The second-order valence-electron chi connectivity index (χ2n) is 6.83. The summed E-state index contributed by atoms with van der Waals surface area (Å²) >= 11 is 1.46. The zero-order chi connectivity index (χ0) is 20.6. The number of hydrogen-bond acceptors (Lipinski definition) is 6. The lowest BCUT2D eigenvalue weighted by Gasteiger charge is -2.32. The van der Waals surface area contributed by atoms with E-state index >= 15 is 0 Å². The maximum absolute atomic E-state index is 12.2. The van der Waals surface area contributed by atoms with Crippen LogP contribution in [0.4, 0.5) is 11.5 Å². The molecule has 0 spiro atoms. The van der Waals surface area contributed by atoms with E-state index in [0.717, 1.165) is 35.8 Å². The molecule has 0 aliphatic carbocycles. The zero-order valence-corrected chi connectivity index (χ0v) is 17.3. The van der Waals surface area contributed by atoms with Gasteiger partial charge < -0.3 is 20.7 Å². The van der Waals surface area contributed by atoms with Gasteiger partial charge in [0.25, 0.3) is 0 Å². The molecule has 8 heteroatoms. The molecule has 1 aromatic heterocycles. The number of anilines is 2. The third kappa shape index (κ3) is 6.12. The number of primary amides is 1. The van der Waals surface area contributed by atoms with Gasteiger partial charge in [0.05, 0.1) is 30.2 Å². The van der Waals surface area contributed by atoms with E-state index < -0.39 is 0 Å². The van der Waals surface area contributed by atoms with Crippen molar-refractivity contribution in [3.63, 3.8) is 0 Å². The van der Waals surface area contributed by atoms with Crippen LogP contribution in [0.3, 0.4) is 0 Å². The van der Waals surface area contributed by atoms with E-state index in [-0.39, 0.29) is 17.7 Å². The van der Waals surface area contributed by atoms with Gasteiger partial charge in [0.1, 0.15) is 11.6 Å². The van der Waals surface area contributed by atoms with Gasteiger partial charge in [0.15, 0.2) is 0 Å². The minimum Gasteiger partial charge on any atom is -0.494 e. The van der Waals surface area contributed by atoms with Crippen LogP contribution in [0.1, 0.15) is 19.8 Å². The Hall–Kier alpha value is -2.74. The molecule has 154 valence electrons. The molecule has 1 aliphatic heterocycles. The van der Waals surface area contributed by atoms with Gasteiger partial charge in [-0.2, -0.15) is 0 Å². The van der Waals surface area contributed by atoms with Gasteiger partial charge in [0, 0.05) is 18.0 Å². The fourth-order valence-electron chi connectivity index (χ4n) is 3.21. The largest absolute Gasteiger partial charge is 0.494 e. The predicted octanol–water partition coefficient (Wildman–Crippen LogP) is 2.91. The number of benzene rings is 1. The first-order chi connectivity index (χ1) is 14.0. The smallest absolute Gasteiger partial charge is 0.234 e. The van der Waals surface area contributed by atoms with Crippen LogP contribution in [0.2, 0.25) is 0 Å². The minimum absolute atomic E-state index is 0.0924. The van der Waals surface area contributed by atoms with Gasteiger partial charge in [-0.15, -0.1) is 11.8 Å². The predicted molar refractivity (Wildman–Crippen MR) is 115 cm³/mol. The van der Waals surface area contributed by atoms with Crippen molar-refractivity contribution in [2.24, 2.45) is 11.7 Å². The van der Waals surface area contributed by atoms with Crippen molar-refractivity contribution in [1.29, 1.82) is 0 Å². The van der Waals surface area contributed by atoms with Crippen LogP contribution in [0, 0.1) is 5.92 Å². The third-order valence-corrected chi connectivity index (χ3v) is 5.70. The average molecular weight is 415 g/mol. The van der Waals surface area contributed by atoms with Crippen molar-refractivity contribution in [1.82, 2.24) is 4.98 Å². The van der Waals surface area contributed by atoms with Gasteiger partial charge in [-0.1, -0.05) is 0 Å². The Kier molecular flexibility index (Phi) is 7.35. The van der Waals surface area contributed by atoms with E-state index in [1.54, 1.807) is 6.20 Å². The van der Waals surface area contributed by atoms with Crippen molar-refractivity contribution in [3.05, 3.63) is 42.6 Å². The Bertz CT molecular complexity index is 827. The normalized spacial score (nSPS) is 16.3. The average Bonchev–Trinajstić information content (AvgIpc) is 2.74. The van der Waals surface area contributed by atoms with Gasteiger partial charge in [-0.05, 0) is 56.2 Å². The van der Waals surface area contributed by atoms with E-state index in [2.05, 4.69) is 15.2 Å². The Morgan fingerprint density at radius 1 is 1.28 bits per heavy atom. The summed E-state index contributed by atoms with van der Waals surface area (Å²) in [5.74, 6) is 1.43. The summed E-state index contributed by atoms with van der Waals surface area (Å²) in [6.07, 6.45) is 3.38. The molecule has 1 saturated heterocycles. The molecule has 2 aromatic rings. The molecule has 1 fully saturated rings. The summed E-state index contributed by atoms with van der Waals surface area (Å²) in [5.41, 5.74) is 6.08. The van der Waals surface area contributed by atoms with E-state index in [1.165, 1.54) is 11.8 Å². The molecule has 29 heavy (non-hydrogen) atoms. The van der Waals surface area contributed by atoms with E-state index in [1.807, 2.05) is 43.3 Å². The number of aromatic nitrogens is 1. The number of amides is 2. The molecule has 3 N–H and O–H groups in total. The lowest BCUT2D eigenvalue weighted by atomic mass is 9.97. The van der Waals surface area contributed by atoms with Crippen LogP contribution in [0.5, 0.6) is 5.75 Å². The van der Waals surface area contributed by atoms with Gasteiger partial charge in [-0.25, -0.2) is 4.98 Å². The molecule has 1 unspecified atom stereocenters. The van der Waals surface area contributed by atoms with E-state index in [9.17, 15) is 9.59 Å². The van der Waals surface area contributed by atoms with Gasteiger partial charge in [-0.3, -0.25) is 9.59 Å². The van der Waals surface area contributed by atoms with Crippen molar-refractivity contribution < 1.29 is 14.3 Å². The summed E-state index contributed by atoms with van der Waals surface area (Å²) in [7, 11) is 0. The van der Waals surface area contributed by atoms with Crippen molar-refractivity contribution in [2.45, 2.75) is 24.7 Å². The van der Waals surface area contributed by atoms with Crippen molar-refractivity contribution in [2.75, 3.05) is 35.7 Å². The maximum atomic E-state index is 12.2. The Labute approximate surface area is 175 Å². The van der Waals surface area contributed by atoms with E-state index in [0.29, 0.717) is 24.6 Å². The summed E-state index contributed by atoms with van der Waals surface area (Å²) in [6.45, 7) is 4.01. The van der Waals surface area contributed by atoms with Crippen LogP contribution in [-0.4, -0.2) is 42.2 Å². The zero-order valence-electron chi connectivity index (χ0n) is 16.5. The van der Waals surface area contributed by atoms with Crippen LogP contribution in [0.25, 0.3) is 0 Å².